The summed E-state index contributed by atoms with van der Waals surface area (Å²) in [5, 5.41) is 25.6. The van der Waals surface area contributed by atoms with Crippen LogP contribution in [0.15, 0.2) is 134 Å². The van der Waals surface area contributed by atoms with E-state index in [2.05, 4.69) is 10.6 Å². The molecule has 4 aliphatic heterocycles. The van der Waals surface area contributed by atoms with Gasteiger partial charge < -0.3 is 39.1 Å². The molecule has 4 N–H and O–H groups in total. The second kappa shape index (κ2) is 19.2. The number of fused-ring (bicyclic) bond motifs is 4. The minimum atomic E-state index is -0.475. The number of halogens is 2. The number of amides is 2. The molecular weight excluding hydrogens is 963 g/mol. The van der Waals surface area contributed by atoms with Crippen LogP contribution in [-0.4, -0.2) is 91.5 Å². The Morgan fingerprint density at radius 3 is 1.76 bits per heavy atom. The van der Waals surface area contributed by atoms with Crippen molar-refractivity contribution in [2.24, 2.45) is 10.8 Å². The lowest BCUT2D eigenvalue weighted by molar-refractivity contribution is -0.0574. The topological polar surface area (TPSA) is 152 Å². The van der Waals surface area contributed by atoms with E-state index in [1.807, 2.05) is 120 Å². The lowest BCUT2D eigenvalue weighted by Gasteiger charge is -2.43. The summed E-state index contributed by atoms with van der Waals surface area (Å²) in [6.45, 7) is 5.75. The Morgan fingerprint density at radius 2 is 1.17 bits per heavy atom. The summed E-state index contributed by atoms with van der Waals surface area (Å²) in [6, 6.07) is 32.7. The fourth-order valence-electron chi connectivity index (χ4n) is 12.5. The lowest BCUT2D eigenvalue weighted by Crippen LogP contribution is -2.52. The Balaban J connectivity index is 0.784. The number of hydrogen-bond acceptors (Lipinski definition) is 8. The summed E-state index contributed by atoms with van der Waals surface area (Å²) in [5.74, 6) is -1.20. The van der Waals surface area contributed by atoms with Crippen LogP contribution in [0.3, 0.4) is 0 Å². The first-order chi connectivity index (χ1) is 36.8. The monoisotopic (exact) mass is 1020 g/mol. The van der Waals surface area contributed by atoms with Gasteiger partial charge in [-0.1, -0.05) is 97.1 Å². The van der Waals surface area contributed by atoms with E-state index in [9.17, 15) is 19.8 Å². The van der Waals surface area contributed by atoms with Crippen molar-refractivity contribution in [1.29, 1.82) is 0 Å². The first-order valence-corrected chi connectivity index (χ1v) is 26.0. The largest absolute Gasteiger partial charge is 0.396 e. The molecule has 6 fully saturated rings. The number of aliphatic hydroxyl groups is 2. The van der Waals surface area contributed by atoms with Crippen LogP contribution in [0, 0.1) is 29.4 Å². The van der Waals surface area contributed by atoms with Gasteiger partial charge in [0.2, 0.25) is 0 Å². The number of nitrogens with zero attached hydrogens (tertiary/aromatic N) is 4. The number of imidazole rings is 2. The highest BCUT2D eigenvalue weighted by Crippen LogP contribution is 2.58. The van der Waals surface area contributed by atoms with Crippen LogP contribution < -0.4 is 10.6 Å². The molecule has 8 heterocycles. The van der Waals surface area contributed by atoms with Gasteiger partial charge in [0, 0.05) is 75.4 Å². The smallest absolute Gasteiger partial charge is 0.251 e. The zero-order chi connectivity index (χ0) is 52.4. The quantitative estimate of drug-likeness (QED) is 0.0704. The Bertz CT molecular complexity index is 3680. The Morgan fingerprint density at radius 1 is 0.632 bits per heavy atom. The minimum Gasteiger partial charge on any atom is -0.396 e. The molecule has 0 spiro atoms. The second-order valence-corrected chi connectivity index (χ2v) is 21.6. The van der Waals surface area contributed by atoms with Crippen LogP contribution in [-0.2, 0) is 15.9 Å². The van der Waals surface area contributed by atoms with E-state index in [4.69, 9.17) is 19.4 Å². The average Bonchev–Trinajstić information content (AvgIpc) is 4.36. The highest BCUT2D eigenvalue weighted by molar-refractivity contribution is 5.96. The fourth-order valence-corrected chi connectivity index (χ4v) is 12.5. The summed E-state index contributed by atoms with van der Waals surface area (Å²) in [4.78, 5) is 37.0. The van der Waals surface area contributed by atoms with E-state index in [1.54, 1.807) is 36.4 Å². The number of aryl methyl sites for hydroxylation is 2. The molecule has 0 radical (unpaired) electrons. The number of pyridine rings is 2. The molecule has 4 bridgehead atoms. The summed E-state index contributed by atoms with van der Waals surface area (Å²) in [5.41, 5.74) is 9.07. The number of ether oxygens (including phenoxy) is 2. The zero-order valence-electron chi connectivity index (χ0n) is 42.4. The molecule has 0 unspecified atom stereocenters. The number of aromatic nitrogens is 4. The van der Waals surface area contributed by atoms with E-state index >= 15 is 8.78 Å². The van der Waals surface area contributed by atoms with Gasteiger partial charge in [-0.25, -0.2) is 18.7 Å². The van der Waals surface area contributed by atoms with Crippen molar-refractivity contribution >= 4 is 35.3 Å². The van der Waals surface area contributed by atoms with E-state index in [0.717, 1.165) is 40.9 Å². The van der Waals surface area contributed by atoms with E-state index < -0.39 is 17.0 Å². The molecule has 8 aromatic rings. The molecule has 76 heavy (non-hydrogen) atoms. The van der Waals surface area contributed by atoms with Gasteiger partial charge >= 0.3 is 0 Å². The molecular formula is C62H58F2N6O6. The van der Waals surface area contributed by atoms with E-state index in [-0.39, 0.29) is 41.7 Å². The number of rotatable bonds is 17. The van der Waals surface area contributed by atoms with Gasteiger partial charge in [0.15, 0.2) is 0 Å². The molecule has 4 aromatic heterocycles. The molecule has 0 atom stereocenters. The maximum atomic E-state index is 16.4. The van der Waals surface area contributed by atoms with Crippen molar-refractivity contribution in [3.05, 3.63) is 179 Å². The fraction of sp³-hybridized carbons (Fsp3) is 0.290. The third kappa shape index (κ3) is 8.72. The summed E-state index contributed by atoms with van der Waals surface area (Å²) in [7, 11) is 0. The molecule has 12 nitrogen and oxygen atoms in total. The summed E-state index contributed by atoms with van der Waals surface area (Å²) in [6.07, 6.45) is 15.3. The minimum absolute atomic E-state index is 0.0225. The molecule has 386 valence electrons. The van der Waals surface area contributed by atoms with Gasteiger partial charge in [-0.05, 0) is 111 Å². The van der Waals surface area contributed by atoms with Gasteiger partial charge in [0.1, 0.15) is 22.9 Å². The average molecular weight is 1020 g/mol. The van der Waals surface area contributed by atoms with Crippen LogP contribution in [0.25, 0.3) is 68.2 Å². The van der Waals surface area contributed by atoms with Crippen molar-refractivity contribution in [3.8, 4) is 44.8 Å². The van der Waals surface area contributed by atoms with E-state index in [0.29, 0.717) is 114 Å². The molecule has 4 saturated heterocycles. The van der Waals surface area contributed by atoms with Crippen LogP contribution >= 0.6 is 0 Å². The predicted molar refractivity (Wildman–Crippen MR) is 288 cm³/mol. The SMILES string of the molecule is C/C=C/c1ccc(-c2ccccc2-c2nc3cc(C(=O)NCC45COC(CO)(C4)C5)ccn3c2CC/C=C/c2ccc(-c3ccccc3-c3nc4cc(C(=O)NCC56CC(CO)(CO5)C6)ccn4c3C)c(F)c2)c(F)c1. The molecule has 2 aliphatic carbocycles. The first kappa shape index (κ1) is 49.3. The van der Waals surface area contributed by atoms with Crippen LogP contribution in [0.4, 0.5) is 8.78 Å². The normalized spacial score (nSPS) is 22.4. The van der Waals surface area contributed by atoms with Crippen molar-refractivity contribution in [1.82, 2.24) is 29.4 Å². The first-order valence-electron chi connectivity index (χ1n) is 26.0. The number of nitrogens with one attached hydrogen (secondary N) is 2. The van der Waals surface area contributed by atoms with Crippen LogP contribution in [0.2, 0.25) is 0 Å². The molecule has 14 heteroatoms. The van der Waals surface area contributed by atoms with Gasteiger partial charge in [-0.15, -0.1) is 0 Å². The number of carbonyl (C=O) groups is 2. The van der Waals surface area contributed by atoms with Gasteiger partial charge in [0.05, 0.1) is 54.7 Å². The Labute approximate surface area is 438 Å². The Hall–Kier alpha value is -7.62. The maximum absolute atomic E-state index is 16.4. The number of benzene rings is 4. The zero-order valence-corrected chi connectivity index (χ0v) is 42.4. The number of carbonyl (C=O) groups excluding carboxylic acids is 2. The number of allylic oxidation sites excluding steroid dienone is 2. The van der Waals surface area contributed by atoms with Crippen molar-refractivity contribution in [3.63, 3.8) is 0 Å². The van der Waals surface area contributed by atoms with Gasteiger partial charge in [0.25, 0.3) is 11.8 Å². The lowest BCUT2D eigenvalue weighted by atomic mass is 9.63. The second-order valence-electron chi connectivity index (χ2n) is 21.6. The maximum Gasteiger partial charge on any atom is 0.251 e. The molecule has 2 saturated carbocycles. The van der Waals surface area contributed by atoms with Gasteiger partial charge in [-0.2, -0.15) is 0 Å². The third-order valence-electron chi connectivity index (χ3n) is 16.2. The predicted octanol–water partition coefficient (Wildman–Crippen LogP) is 10.5. The highest BCUT2D eigenvalue weighted by Gasteiger charge is 2.63. The summed E-state index contributed by atoms with van der Waals surface area (Å²) < 4.78 is 48.0. The molecule has 14 rings (SSSR count). The van der Waals surface area contributed by atoms with Crippen molar-refractivity contribution < 1.29 is 38.1 Å². The Kier molecular flexibility index (Phi) is 12.4. The molecule has 2 amide bonds. The third-order valence-corrected chi connectivity index (χ3v) is 16.2. The van der Waals surface area contributed by atoms with Crippen LogP contribution in [0.5, 0.6) is 0 Å². The van der Waals surface area contributed by atoms with E-state index in [1.165, 1.54) is 12.1 Å². The highest BCUT2D eigenvalue weighted by atomic mass is 19.1. The number of aliphatic hydroxyl groups excluding tert-OH is 2. The standard InChI is InChI=1S/C62H58F2N6O6/c1-3-10-40-17-19-47(50(63)25-40)45-13-6-8-15-49(45)56-52(70-24-22-43(28-54(70)68-56)57(73)65-33-59-29-62(30-59,36-72)76-37-59)16-9-4-11-41-18-20-46(51(64)26-41)44-12-5-7-14-48(44)55-39(2)69-23-21-42(27-53(69)67-55)58(74)66-34-61-31-60(32-61,35-71)38-75-61/h3-8,10-15,17-28,71-72H,9,16,29-38H2,1-2H3,(H,65,73)(H,66,74)/b10-3+,11-4+. The molecule has 6 aliphatic rings. The van der Waals surface area contributed by atoms with Crippen molar-refractivity contribution in [2.45, 2.75) is 63.6 Å². The van der Waals surface area contributed by atoms with Crippen molar-refractivity contribution in [2.75, 3.05) is 39.5 Å². The van der Waals surface area contributed by atoms with Crippen LogP contribution in [0.1, 0.15) is 82.3 Å². The van der Waals surface area contributed by atoms with Gasteiger partial charge in [-0.3, -0.25) is 9.59 Å². The number of hydrogen-bond donors (Lipinski definition) is 4. The molecule has 4 aromatic carbocycles. The summed E-state index contributed by atoms with van der Waals surface area (Å²) >= 11 is 0.